The maximum absolute atomic E-state index is 9.65. The van der Waals surface area contributed by atoms with Crippen LogP contribution in [0.15, 0.2) is 170 Å². The summed E-state index contributed by atoms with van der Waals surface area (Å²) in [6, 6.07) is 58.9. The molecule has 4 nitrogen and oxygen atoms in total. The van der Waals surface area contributed by atoms with Crippen molar-refractivity contribution in [2.75, 3.05) is 0 Å². The van der Waals surface area contributed by atoms with Gasteiger partial charge < -0.3 is 0 Å². The van der Waals surface area contributed by atoms with E-state index < -0.39 is 0 Å². The molecule has 2 aromatic heterocycles. The van der Waals surface area contributed by atoms with Crippen molar-refractivity contribution in [3.05, 3.63) is 187 Å². The molecular formula is C49H34N4. The fraction of sp³-hybridized carbons (Fsp3) is 0.0612. The highest BCUT2D eigenvalue weighted by molar-refractivity contribution is 5.87. The normalized spacial score (nSPS) is 12.5. The molecule has 0 fully saturated rings. The summed E-state index contributed by atoms with van der Waals surface area (Å²) in [5.41, 5.74) is 16.2. The van der Waals surface area contributed by atoms with Gasteiger partial charge in [0.2, 0.25) is 0 Å². The number of nitrogens with zero attached hydrogens (tertiary/aromatic N) is 4. The van der Waals surface area contributed by atoms with Crippen molar-refractivity contribution in [1.82, 2.24) is 15.0 Å². The molecule has 0 amide bonds. The second-order valence-corrected chi connectivity index (χ2v) is 14.0. The maximum Gasteiger partial charge on any atom is 0.160 e. The average Bonchev–Trinajstić information content (AvgIpc) is 3.46. The van der Waals surface area contributed by atoms with Gasteiger partial charge in [0.15, 0.2) is 5.82 Å². The van der Waals surface area contributed by atoms with E-state index in [4.69, 9.17) is 15.0 Å². The Balaban J connectivity index is 1.23. The van der Waals surface area contributed by atoms with Crippen molar-refractivity contribution in [3.63, 3.8) is 0 Å². The molecule has 0 unspecified atom stereocenters. The minimum atomic E-state index is -0.214. The first-order valence-electron chi connectivity index (χ1n) is 17.8. The average molecular weight is 679 g/mol. The monoisotopic (exact) mass is 678 g/mol. The number of benzene rings is 6. The molecule has 9 rings (SSSR count). The number of hydrogen-bond acceptors (Lipinski definition) is 4. The van der Waals surface area contributed by atoms with Crippen LogP contribution in [0.3, 0.4) is 0 Å². The van der Waals surface area contributed by atoms with E-state index in [1.54, 1.807) is 0 Å². The van der Waals surface area contributed by atoms with Crippen molar-refractivity contribution >= 4 is 0 Å². The Morgan fingerprint density at radius 1 is 0.434 bits per heavy atom. The van der Waals surface area contributed by atoms with Crippen molar-refractivity contribution < 1.29 is 0 Å². The highest BCUT2D eigenvalue weighted by Crippen LogP contribution is 2.50. The third-order valence-electron chi connectivity index (χ3n) is 10.4. The highest BCUT2D eigenvalue weighted by atomic mass is 14.9. The molecule has 0 saturated carbocycles. The molecule has 0 aliphatic heterocycles. The van der Waals surface area contributed by atoms with E-state index in [9.17, 15) is 5.26 Å². The fourth-order valence-corrected chi connectivity index (χ4v) is 7.52. The third kappa shape index (κ3) is 5.89. The second kappa shape index (κ2) is 13.0. The number of fused-ring (bicyclic) bond motifs is 3. The van der Waals surface area contributed by atoms with Gasteiger partial charge in [0.25, 0.3) is 0 Å². The molecule has 250 valence electrons. The van der Waals surface area contributed by atoms with Crippen molar-refractivity contribution in [3.8, 4) is 84.6 Å². The van der Waals surface area contributed by atoms with Gasteiger partial charge in [0, 0.05) is 39.4 Å². The first-order chi connectivity index (χ1) is 25.9. The zero-order valence-corrected chi connectivity index (χ0v) is 29.5. The Labute approximate surface area is 309 Å². The molecule has 8 aromatic rings. The van der Waals surface area contributed by atoms with Gasteiger partial charge in [-0.25, -0.2) is 9.97 Å². The molecule has 0 N–H and O–H groups in total. The maximum atomic E-state index is 9.65. The lowest BCUT2D eigenvalue weighted by Crippen LogP contribution is -2.15. The van der Waals surface area contributed by atoms with Crippen LogP contribution in [0, 0.1) is 11.3 Å². The van der Waals surface area contributed by atoms with Gasteiger partial charge in [-0.05, 0) is 87.5 Å². The van der Waals surface area contributed by atoms with E-state index in [-0.39, 0.29) is 5.41 Å². The summed E-state index contributed by atoms with van der Waals surface area (Å²) in [6.07, 6.45) is 1.96. The number of rotatable bonds is 6. The Kier molecular flexibility index (Phi) is 7.83. The standard InChI is InChI=1S/C49H34N4/c1-49(2)43-22-18-32(30-50)24-42(43)41-21-19-36(28-44(41)49)38-25-39(37-20-23-45(51-31-37)33-12-6-3-7-13-33)27-40(26-38)47-29-46(34-14-8-4-9-15-34)52-48(53-47)35-16-10-5-11-17-35/h3-29,31H,1-2H3. The van der Waals surface area contributed by atoms with Crippen LogP contribution in [0.1, 0.15) is 30.5 Å². The molecule has 0 saturated heterocycles. The minimum absolute atomic E-state index is 0.214. The van der Waals surface area contributed by atoms with Crippen LogP contribution in [-0.4, -0.2) is 15.0 Å². The molecule has 2 heterocycles. The summed E-state index contributed by atoms with van der Waals surface area (Å²) in [5.74, 6) is 0.677. The van der Waals surface area contributed by atoms with E-state index in [0.29, 0.717) is 11.4 Å². The molecule has 0 radical (unpaired) electrons. The molecule has 1 aliphatic rings. The van der Waals surface area contributed by atoms with Gasteiger partial charge in [-0.15, -0.1) is 0 Å². The Morgan fingerprint density at radius 2 is 1.02 bits per heavy atom. The molecular weight excluding hydrogens is 645 g/mol. The summed E-state index contributed by atoms with van der Waals surface area (Å²) in [7, 11) is 0. The topological polar surface area (TPSA) is 62.5 Å². The summed E-state index contributed by atoms with van der Waals surface area (Å²) < 4.78 is 0. The number of aromatic nitrogens is 3. The van der Waals surface area contributed by atoms with Crippen LogP contribution in [0.25, 0.3) is 78.5 Å². The number of hydrogen-bond donors (Lipinski definition) is 0. The zero-order valence-electron chi connectivity index (χ0n) is 29.5. The highest BCUT2D eigenvalue weighted by Gasteiger charge is 2.35. The van der Waals surface area contributed by atoms with E-state index in [1.165, 1.54) is 16.7 Å². The Morgan fingerprint density at radius 3 is 1.66 bits per heavy atom. The van der Waals surface area contributed by atoms with E-state index in [2.05, 4.69) is 117 Å². The van der Waals surface area contributed by atoms with Gasteiger partial charge in [-0.1, -0.05) is 129 Å². The number of pyridine rings is 1. The van der Waals surface area contributed by atoms with Crippen LogP contribution in [-0.2, 0) is 5.41 Å². The van der Waals surface area contributed by atoms with Crippen LogP contribution in [0.2, 0.25) is 0 Å². The lowest BCUT2D eigenvalue weighted by atomic mass is 9.81. The van der Waals surface area contributed by atoms with E-state index >= 15 is 0 Å². The first kappa shape index (κ1) is 32.0. The first-order valence-corrected chi connectivity index (χ1v) is 17.8. The summed E-state index contributed by atoms with van der Waals surface area (Å²) in [4.78, 5) is 15.1. The molecule has 1 aliphatic carbocycles. The van der Waals surface area contributed by atoms with Gasteiger partial charge in [-0.2, -0.15) is 5.26 Å². The van der Waals surface area contributed by atoms with Gasteiger partial charge in [0.05, 0.1) is 28.7 Å². The predicted molar refractivity (Wildman–Crippen MR) is 215 cm³/mol. The molecule has 4 heteroatoms. The summed E-state index contributed by atoms with van der Waals surface area (Å²) in [5, 5.41) is 9.65. The van der Waals surface area contributed by atoms with Gasteiger partial charge in [-0.3, -0.25) is 4.98 Å². The molecule has 6 aromatic carbocycles. The third-order valence-corrected chi connectivity index (χ3v) is 10.4. The lowest BCUT2D eigenvalue weighted by Gasteiger charge is -2.22. The quantitative estimate of drug-likeness (QED) is 0.176. The van der Waals surface area contributed by atoms with Crippen LogP contribution >= 0.6 is 0 Å². The smallest absolute Gasteiger partial charge is 0.160 e. The Hall–Kier alpha value is -6.96. The fourth-order valence-electron chi connectivity index (χ4n) is 7.52. The van der Waals surface area contributed by atoms with E-state index in [1.807, 2.05) is 72.9 Å². The Bertz CT molecular complexity index is 2620. The van der Waals surface area contributed by atoms with Crippen LogP contribution in [0.4, 0.5) is 0 Å². The second-order valence-electron chi connectivity index (χ2n) is 14.0. The lowest BCUT2D eigenvalue weighted by molar-refractivity contribution is 0.660. The summed E-state index contributed by atoms with van der Waals surface area (Å²) in [6.45, 7) is 4.54. The molecule has 0 spiro atoms. The molecule has 53 heavy (non-hydrogen) atoms. The summed E-state index contributed by atoms with van der Waals surface area (Å²) >= 11 is 0. The molecule has 0 atom stereocenters. The van der Waals surface area contributed by atoms with Crippen LogP contribution < -0.4 is 0 Å². The number of nitriles is 1. The molecule has 0 bridgehead atoms. The predicted octanol–water partition coefficient (Wildman–Crippen LogP) is 12.1. The van der Waals surface area contributed by atoms with E-state index in [0.717, 1.165) is 67.2 Å². The SMILES string of the molecule is CC1(C)c2ccc(C#N)cc2-c2ccc(-c3cc(-c4ccc(-c5ccccc5)nc4)cc(-c4cc(-c5ccccc5)nc(-c5ccccc5)n4)c3)cc21. The zero-order chi connectivity index (χ0) is 35.9. The van der Waals surface area contributed by atoms with Crippen molar-refractivity contribution in [2.24, 2.45) is 0 Å². The largest absolute Gasteiger partial charge is 0.256 e. The van der Waals surface area contributed by atoms with Crippen molar-refractivity contribution in [2.45, 2.75) is 19.3 Å². The van der Waals surface area contributed by atoms with Crippen LogP contribution in [0.5, 0.6) is 0 Å². The minimum Gasteiger partial charge on any atom is -0.256 e. The van der Waals surface area contributed by atoms with Crippen molar-refractivity contribution in [1.29, 1.82) is 5.26 Å². The van der Waals surface area contributed by atoms with Gasteiger partial charge in [0.1, 0.15) is 0 Å². The van der Waals surface area contributed by atoms with Gasteiger partial charge >= 0.3 is 0 Å².